The van der Waals surface area contributed by atoms with Crippen LogP contribution < -0.4 is 0 Å². The monoisotopic (exact) mass is 186 g/mol. The minimum atomic E-state index is 0.299. The molecule has 0 N–H and O–H groups in total. The molecule has 0 saturated carbocycles. The highest BCUT2D eigenvalue weighted by Gasteiger charge is 2.04. The lowest BCUT2D eigenvalue weighted by Crippen LogP contribution is -1.76. The van der Waals surface area contributed by atoms with Gasteiger partial charge in [-0.25, -0.2) is 9.07 Å². The summed E-state index contributed by atoms with van der Waals surface area (Å²) >= 11 is 11.4. The minimum Gasteiger partial charge on any atom is -0.224 e. The molecule has 1 heterocycles. The van der Waals surface area contributed by atoms with E-state index in [4.69, 9.17) is 23.4 Å². The number of halogens is 2. The Balaban J connectivity index is 2.92. The molecule has 0 radical (unpaired) electrons. The molecule has 11 heavy (non-hydrogen) atoms. The van der Waals surface area contributed by atoms with Crippen molar-refractivity contribution in [2.24, 2.45) is 0 Å². The zero-order chi connectivity index (χ0) is 7.84. The average Bonchev–Trinajstić information content (AvgIpc) is 2.30. The molecular weight excluding hydrogens is 183 g/mol. The SMILES string of the molecule is Clc1nc2ccccc2n1Cl. The van der Waals surface area contributed by atoms with Gasteiger partial charge in [0.05, 0.1) is 11.0 Å². The second-order valence-electron chi connectivity index (χ2n) is 2.15. The van der Waals surface area contributed by atoms with Crippen molar-refractivity contribution in [1.82, 2.24) is 9.07 Å². The Kier molecular flexibility index (Phi) is 1.51. The number of imidazole rings is 1. The van der Waals surface area contributed by atoms with Crippen LogP contribution in [0.4, 0.5) is 0 Å². The molecule has 0 atom stereocenters. The second kappa shape index (κ2) is 2.40. The molecule has 0 aliphatic rings. The van der Waals surface area contributed by atoms with Crippen molar-refractivity contribution in [1.29, 1.82) is 0 Å². The van der Waals surface area contributed by atoms with E-state index < -0.39 is 0 Å². The average molecular weight is 187 g/mol. The molecule has 1 aromatic carbocycles. The van der Waals surface area contributed by atoms with E-state index in [9.17, 15) is 0 Å². The highest BCUT2D eigenvalue weighted by Crippen LogP contribution is 2.19. The van der Waals surface area contributed by atoms with Gasteiger partial charge in [-0.2, -0.15) is 0 Å². The Labute approximate surface area is 73.5 Å². The van der Waals surface area contributed by atoms with Gasteiger partial charge in [0, 0.05) is 11.8 Å². The van der Waals surface area contributed by atoms with E-state index in [1.165, 1.54) is 4.09 Å². The topological polar surface area (TPSA) is 17.8 Å². The van der Waals surface area contributed by atoms with Crippen LogP contribution in [0.1, 0.15) is 0 Å². The van der Waals surface area contributed by atoms with Gasteiger partial charge in [-0.15, -0.1) is 0 Å². The molecule has 0 spiro atoms. The Morgan fingerprint density at radius 2 is 2.00 bits per heavy atom. The summed E-state index contributed by atoms with van der Waals surface area (Å²) in [6.07, 6.45) is 0. The predicted octanol–water partition coefficient (Wildman–Crippen LogP) is 2.69. The van der Waals surface area contributed by atoms with Crippen LogP contribution in [0.25, 0.3) is 11.0 Å². The molecule has 2 rings (SSSR count). The van der Waals surface area contributed by atoms with Gasteiger partial charge in [0.1, 0.15) is 0 Å². The van der Waals surface area contributed by atoms with E-state index in [2.05, 4.69) is 4.98 Å². The molecule has 2 aromatic rings. The van der Waals surface area contributed by atoms with Crippen molar-refractivity contribution in [3.05, 3.63) is 29.5 Å². The van der Waals surface area contributed by atoms with Gasteiger partial charge in [-0.3, -0.25) is 0 Å². The summed E-state index contributed by atoms with van der Waals surface area (Å²) in [6.45, 7) is 0. The van der Waals surface area contributed by atoms with Crippen LogP contribution in [0.15, 0.2) is 24.3 Å². The molecule has 0 fully saturated rings. The van der Waals surface area contributed by atoms with E-state index in [1.54, 1.807) is 0 Å². The normalized spacial score (nSPS) is 10.7. The standard InChI is InChI=1S/C7H4Cl2N2/c8-7-10-5-3-1-2-4-6(5)11(7)9/h1-4H. The summed E-state index contributed by atoms with van der Waals surface area (Å²) in [5.41, 5.74) is 1.65. The van der Waals surface area contributed by atoms with Gasteiger partial charge in [0.2, 0.25) is 5.28 Å². The van der Waals surface area contributed by atoms with Crippen molar-refractivity contribution in [3.8, 4) is 0 Å². The Hall–Kier alpha value is -0.730. The summed E-state index contributed by atoms with van der Waals surface area (Å²) in [4.78, 5) is 4.01. The number of fused-ring (bicyclic) bond motifs is 1. The second-order valence-corrected chi connectivity index (χ2v) is 2.83. The number of para-hydroxylation sites is 2. The molecule has 0 saturated heterocycles. The molecule has 1 aromatic heterocycles. The van der Waals surface area contributed by atoms with Crippen LogP contribution in [0.3, 0.4) is 0 Å². The van der Waals surface area contributed by atoms with Crippen molar-refractivity contribution >= 4 is 34.4 Å². The van der Waals surface area contributed by atoms with Gasteiger partial charge in [-0.1, -0.05) is 12.1 Å². The van der Waals surface area contributed by atoms with Gasteiger partial charge >= 0.3 is 0 Å². The Morgan fingerprint density at radius 3 is 2.73 bits per heavy atom. The van der Waals surface area contributed by atoms with Crippen LogP contribution in [0, 0.1) is 0 Å². The summed E-state index contributed by atoms with van der Waals surface area (Å²) in [5, 5.41) is 0.299. The Morgan fingerprint density at radius 1 is 1.27 bits per heavy atom. The third-order valence-corrected chi connectivity index (χ3v) is 2.15. The fourth-order valence-electron chi connectivity index (χ4n) is 0.967. The number of rotatable bonds is 0. The van der Waals surface area contributed by atoms with E-state index in [1.807, 2.05) is 24.3 Å². The maximum atomic E-state index is 5.76. The minimum absolute atomic E-state index is 0.299. The molecule has 4 heteroatoms. The predicted molar refractivity (Wildman–Crippen MR) is 46.0 cm³/mol. The van der Waals surface area contributed by atoms with Crippen LogP contribution in [0.5, 0.6) is 0 Å². The molecule has 56 valence electrons. The summed E-state index contributed by atoms with van der Waals surface area (Å²) < 4.78 is 1.33. The third-order valence-electron chi connectivity index (χ3n) is 1.47. The quantitative estimate of drug-likeness (QED) is 0.619. The van der Waals surface area contributed by atoms with Gasteiger partial charge < -0.3 is 0 Å². The van der Waals surface area contributed by atoms with Crippen molar-refractivity contribution in [2.45, 2.75) is 0 Å². The van der Waals surface area contributed by atoms with E-state index >= 15 is 0 Å². The van der Waals surface area contributed by atoms with Crippen LogP contribution in [-0.4, -0.2) is 9.07 Å². The zero-order valence-electron chi connectivity index (χ0n) is 5.46. The Bertz CT molecular complexity index is 394. The highest BCUT2D eigenvalue weighted by molar-refractivity contribution is 6.33. The summed E-state index contributed by atoms with van der Waals surface area (Å²) in [6, 6.07) is 7.50. The molecule has 0 amide bonds. The molecule has 0 aliphatic heterocycles. The fraction of sp³-hybridized carbons (Fsp3) is 0. The highest BCUT2D eigenvalue weighted by atomic mass is 35.5. The van der Waals surface area contributed by atoms with Crippen molar-refractivity contribution < 1.29 is 0 Å². The van der Waals surface area contributed by atoms with Crippen molar-refractivity contribution in [3.63, 3.8) is 0 Å². The van der Waals surface area contributed by atoms with Gasteiger partial charge in [-0.05, 0) is 23.7 Å². The summed E-state index contributed by atoms with van der Waals surface area (Å²) in [7, 11) is 0. The van der Waals surface area contributed by atoms with Crippen LogP contribution in [0.2, 0.25) is 5.28 Å². The van der Waals surface area contributed by atoms with E-state index in [-0.39, 0.29) is 0 Å². The van der Waals surface area contributed by atoms with Gasteiger partial charge in [0.25, 0.3) is 0 Å². The van der Waals surface area contributed by atoms with E-state index in [0.29, 0.717) is 5.28 Å². The smallest absolute Gasteiger partial charge is 0.218 e. The molecule has 2 nitrogen and oxygen atoms in total. The first kappa shape index (κ1) is 6.95. The maximum Gasteiger partial charge on any atom is 0.218 e. The summed E-state index contributed by atoms with van der Waals surface area (Å²) in [5.74, 6) is 0. The molecular formula is C7H4Cl2N2. The first-order chi connectivity index (χ1) is 5.29. The lowest BCUT2D eigenvalue weighted by Gasteiger charge is -1.88. The number of aromatic nitrogens is 2. The van der Waals surface area contributed by atoms with Crippen LogP contribution in [-0.2, 0) is 0 Å². The van der Waals surface area contributed by atoms with Crippen molar-refractivity contribution in [2.75, 3.05) is 0 Å². The zero-order valence-corrected chi connectivity index (χ0v) is 6.97. The lowest BCUT2D eigenvalue weighted by molar-refractivity contribution is 1.25. The largest absolute Gasteiger partial charge is 0.224 e. The maximum absolute atomic E-state index is 5.76. The van der Waals surface area contributed by atoms with E-state index in [0.717, 1.165) is 11.0 Å². The first-order valence-corrected chi connectivity index (χ1v) is 3.80. The number of hydrogen-bond acceptors (Lipinski definition) is 1. The fourth-order valence-corrected chi connectivity index (χ4v) is 1.33. The first-order valence-electron chi connectivity index (χ1n) is 3.08. The lowest BCUT2D eigenvalue weighted by atomic mass is 10.3. The number of nitrogens with zero attached hydrogens (tertiary/aromatic N) is 2. The number of benzene rings is 1. The third kappa shape index (κ3) is 0.988. The molecule has 0 unspecified atom stereocenters. The number of hydrogen-bond donors (Lipinski definition) is 0. The van der Waals surface area contributed by atoms with Crippen LogP contribution >= 0.6 is 23.4 Å². The van der Waals surface area contributed by atoms with Gasteiger partial charge in [0.15, 0.2) is 0 Å². The molecule has 0 aliphatic carbocycles. The molecule has 0 bridgehead atoms.